The topological polar surface area (TPSA) is 35.0 Å². The Morgan fingerprint density at radius 2 is 1.92 bits per heavy atom. The van der Waals surface area contributed by atoms with Crippen LogP contribution in [0.5, 0.6) is 5.75 Å². The predicted molar refractivity (Wildman–Crippen MR) is 38.7 cm³/mol. The van der Waals surface area contributed by atoms with E-state index >= 15 is 0 Å². The number of aromatic nitrogens is 2. The Hall–Kier alpha value is -0.750. The second-order valence-electron chi connectivity index (χ2n) is 1.84. The summed E-state index contributed by atoms with van der Waals surface area (Å²) in [5.74, 6) is -0.682. The molecule has 13 heavy (non-hydrogen) atoms. The minimum atomic E-state index is -4.82. The number of rotatable bonds is 1. The number of halogens is 5. The largest absolute Gasteiger partial charge is 0.573 e. The van der Waals surface area contributed by atoms with Gasteiger partial charge in [0.1, 0.15) is 0 Å². The van der Waals surface area contributed by atoms with Gasteiger partial charge in [-0.1, -0.05) is 11.6 Å². The number of hydrogen-bond acceptors (Lipinski definition) is 3. The van der Waals surface area contributed by atoms with Crippen LogP contribution in [0.15, 0.2) is 6.20 Å². The average molecular weight is 233 g/mol. The molecule has 0 radical (unpaired) electrons. The SMILES string of the molecule is FC(F)(F)Oc1cnc(Cl)nc1Cl. The summed E-state index contributed by atoms with van der Waals surface area (Å²) in [5, 5.41) is -0.739. The van der Waals surface area contributed by atoms with Crippen LogP contribution in [0, 0.1) is 0 Å². The summed E-state index contributed by atoms with van der Waals surface area (Å²) in [6.07, 6.45) is -4.08. The number of alkyl halides is 3. The second kappa shape index (κ2) is 3.55. The molecular formula is C5HCl2F3N2O. The Morgan fingerprint density at radius 1 is 1.31 bits per heavy atom. The highest BCUT2D eigenvalue weighted by Crippen LogP contribution is 2.28. The molecule has 0 saturated heterocycles. The van der Waals surface area contributed by atoms with Crippen LogP contribution in [0.2, 0.25) is 10.4 Å². The lowest BCUT2D eigenvalue weighted by Crippen LogP contribution is -2.17. The fraction of sp³-hybridized carbons (Fsp3) is 0.200. The quantitative estimate of drug-likeness (QED) is 0.552. The molecule has 0 bridgehead atoms. The standard InChI is InChI=1S/C5HCl2F3N2O/c6-3-2(13-5(8,9)10)1-11-4(7)12-3/h1H. The van der Waals surface area contributed by atoms with Crippen molar-refractivity contribution in [2.45, 2.75) is 6.36 Å². The van der Waals surface area contributed by atoms with Gasteiger partial charge in [0.25, 0.3) is 0 Å². The van der Waals surface area contributed by atoms with Gasteiger partial charge in [-0.15, -0.1) is 13.2 Å². The highest BCUT2D eigenvalue weighted by molar-refractivity contribution is 6.32. The smallest absolute Gasteiger partial charge is 0.401 e. The van der Waals surface area contributed by atoms with E-state index in [-0.39, 0.29) is 5.28 Å². The van der Waals surface area contributed by atoms with Gasteiger partial charge in [-0.2, -0.15) is 0 Å². The van der Waals surface area contributed by atoms with Gasteiger partial charge in [-0.05, 0) is 11.6 Å². The van der Waals surface area contributed by atoms with Crippen molar-refractivity contribution in [2.24, 2.45) is 0 Å². The van der Waals surface area contributed by atoms with Crippen molar-refractivity contribution >= 4 is 23.2 Å². The molecule has 0 fully saturated rings. The molecule has 0 N–H and O–H groups in total. The maximum absolute atomic E-state index is 11.7. The Morgan fingerprint density at radius 3 is 2.38 bits per heavy atom. The zero-order valence-electron chi connectivity index (χ0n) is 5.77. The molecule has 0 amide bonds. The third kappa shape index (κ3) is 3.23. The van der Waals surface area contributed by atoms with Crippen molar-refractivity contribution in [1.29, 1.82) is 0 Å². The molecule has 0 aliphatic heterocycles. The zero-order valence-corrected chi connectivity index (χ0v) is 7.28. The van der Waals surface area contributed by atoms with Gasteiger partial charge in [0.2, 0.25) is 5.28 Å². The van der Waals surface area contributed by atoms with Gasteiger partial charge in [-0.25, -0.2) is 9.97 Å². The second-order valence-corrected chi connectivity index (χ2v) is 2.54. The Balaban J connectivity index is 2.90. The van der Waals surface area contributed by atoms with Crippen molar-refractivity contribution in [3.05, 3.63) is 16.6 Å². The lowest BCUT2D eigenvalue weighted by atomic mass is 10.6. The number of hydrogen-bond donors (Lipinski definition) is 0. The first-order valence-corrected chi connectivity index (χ1v) is 3.58. The van der Waals surface area contributed by atoms with Crippen LogP contribution >= 0.6 is 23.2 Å². The summed E-state index contributed by atoms with van der Waals surface area (Å²) in [5.41, 5.74) is 0. The minimum Gasteiger partial charge on any atom is -0.401 e. The van der Waals surface area contributed by atoms with Crippen molar-refractivity contribution in [3.8, 4) is 5.75 Å². The summed E-state index contributed by atoms with van der Waals surface area (Å²) >= 11 is 10.5. The van der Waals surface area contributed by atoms with E-state index in [0.29, 0.717) is 0 Å². The lowest BCUT2D eigenvalue weighted by Gasteiger charge is -2.08. The van der Waals surface area contributed by atoms with E-state index in [1.165, 1.54) is 0 Å². The van der Waals surface area contributed by atoms with Crippen LogP contribution in [0.3, 0.4) is 0 Å². The van der Waals surface area contributed by atoms with E-state index < -0.39 is 17.3 Å². The molecule has 3 nitrogen and oxygen atoms in total. The van der Waals surface area contributed by atoms with E-state index in [2.05, 4.69) is 14.7 Å². The summed E-state index contributed by atoms with van der Waals surface area (Å²) < 4.78 is 38.4. The van der Waals surface area contributed by atoms with Crippen LogP contribution in [0.25, 0.3) is 0 Å². The van der Waals surface area contributed by atoms with Crippen LogP contribution < -0.4 is 4.74 Å². The zero-order chi connectivity index (χ0) is 10.1. The lowest BCUT2D eigenvalue weighted by molar-refractivity contribution is -0.274. The van der Waals surface area contributed by atoms with E-state index in [1.807, 2.05) is 0 Å². The molecule has 0 aliphatic carbocycles. The Bertz CT molecular complexity index is 317. The monoisotopic (exact) mass is 232 g/mol. The molecule has 1 aromatic heterocycles. The summed E-state index contributed by atoms with van der Waals surface area (Å²) in [6, 6.07) is 0. The molecule has 0 aliphatic rings. The molecule has 0 saturated carbocycles. The number of nitrogens with zero attached hydrogens (tertiary/aromatic N) is 2. The minimum absolute atomic E-state index is 0.250. The molecule has 8 heteroatoms. The van der Waals surface area contributed by atoms with E-state index in [9.17, 15) is 13.2 Å². The molecule has 1 rings (SSSR count). The average Bonchev–Trinajstić information content (AvgIpc) is 1.93. The Kier molecular flexibility index (Phi) is 2.82. The molecule has 1 heterocycles. The van der Waals surface area contributed by atoms with Crippen LogP contribution in [0.4, 0.5) is 13.2 Å². The molecule has 0 spiro atoms. The van der Waals surface area contributed by atoms with Gasteiger partial charge >= 0.3 is 6.36 Å². The van der Waals surface area contributed by atoms with Gasteiger partial charge in [0.15, 0.2) is 10.9 Å². The van der Waals surface area contributed by atoms with Crippen LogP contribution in [0.1, 0.15) is 0 Å². The number of ether oxygens (including phenoxy) is 1. The highest BCUT2D eigenvalue weighted by Gasteiger charge is 2.32. The van der Waals surface area contributed by atoms with Crippen LogP contribution in [-0.4, -0.2) is 16.3 Å². The normalized spacial score (nSPS) is 11.5. The molecule has 0 aromatic carbocycles. The van der Waals surface area contributed by atoms with E-state index in [4.69, 9.17) is 23.2 Å². The maximum atomic E-state index is 11.7. The first kappa shape index (κ1) is 10.3. The maximum Gasteiger partial charge on any atom is 0.573 e. The van der Waals surface area contributed by atoms with Gasteiger partial charge < -0.3 is 4.74 Å². The van der Waals surface area contributed by atoms with E-state index in [1.54, 1.807) is 0 Å². The van der Waals surface area contributed by atoms with Crippen molar-refractivity contribution in [2.75, 3.05) is 0 Å². The first-order chi connectivity index (χ1) is 5.88. The molecule has 0 unspecified atom stereocenters. The summed E-state index contributed by atoms with van der Waals surface area (Å²) in [6.45, 7) is 0. The van der Waals surface area contributed by atoms with Crippen molar-refractivity contribution in [3.63, 3.8) is 0 Å². The summed E-state index contributed by atoms with van der Waals surface area (Å²) in [7, 11) is 0. The highest BCUT2D eigenvalue weighted by atomic mass is 35.5. The third-order valence-electron chi connectivity index (χ3n) is 0.908. The predicted octanol–water partition coefficient (Wildman–Crippen LogP) is 2.68. The van der Waals surface area contributed by atoms with Gasteiger partial charge in [0, 0.05) is 0 Å². The molecule has 0 atom stereocenters. The molecular weight excluding hydrogens is 232 g/mol. The summed E-state index contributed by atoms with van der Waals surface area (Å²) in [4.78, 5) is 6.52. The first-order valence-electron chi connectivity index (χ1n) is 2.82. The van der Waals surface area contributed by atoms with Crippen molar-refractivity contribution in [1.82, 2.24) is 9.97 Å². The Labute approximate surface area is 80.5 Å². The fourth-order valence-corrected chi connectivity index (χ4v) is 0.867. The molecule has 1 aromatic rings. The molecule has 72 valence electrons. The fourth-order valence-electron chi connectivity index (χ4n) is 0.523. The van der Waals surface area contributed by atoms with Gasteiger partial charge in [-0.3, -0.25) is 0 Å². The van der Waals surface area contributed by atoms with Crippen LogP contribution in [-0.2, 0) is 0 Å². The van der Waals surface area contributed by atoms with Gasteiger partial charge in [0.05, 0.1) is 6.20 Å². The van der Waals surface area contributed by atoms with E-state index in [0.717, 1.165) is 6.20 Å². The van der Waals surface area contributed by atoms with Crippen molar-refractivity contribution < 1.29 is 17.9 Å². The third-order valence-corrected chi connectivity index (χ3v) is 1.36.